The smallest absolute Gasteiger partial charge is 0.276 e. The fourth-order valence-electron chi connectivity index (χ4n) is 5.48. The van der Waals surface area contributed by atoms with Crippen molar-refractivity contribution in [3.8, 4) is 5.88 Å². The summed E-state index contributed by atoms with van der Waals surface area (Å²) in [5, 5.41) is 3.98. The number of aromatic nitrogens is 4. The molecule has 10 heteroatoms. The van der Waals surface area contributed by atoms with E-state index >= 15 is 0 Å². The van der Waals surface area contributed by atoms with Gasteiger partial charge in [0.05, 0.1) is 17.5 Å². The lowest BCUT2D eigenvalue weighted by Gasteiger charge is -2.38. The van der Waals surface area contributed by atoms with E-state index in [1.54, 1.807) is 21.9 Å². The first-order valence-electron chi connectivity index (χ1n) is 13.5. The van der Waals surface area contributed by atoms with E-state index in [9.17, 15) is 9.59 Å². The predicted molar refractivity (Wildman–Crippen MR) is 156 cm³/mol. The molecule has 0 aliphatic carbocycles. The first kappa shape index (κ1) is 25.5. The van der Waals surface area contributed by atoms with Gasteiger partial charge in [0.1, 0.15) is 11.3 Å². The molecule has 4 aromatic rings. The maximum atomic E-state index is 14.2. The zero-order chi connectivity index (χ0) is 27.8. The number of hydrogen-bond acceptors (Lipinski definition) is 8. The lowest BCUT2D eigenvalue weighted by atomic mass is 10.1. The molecule has 40 heavy (non-hydrogen) atoms. The molecular formula is C30H31N7O3. The number of amides is 1. The molecule has 0 unspecified atom stereocenters. The number of carbonyl (C=O) groups is 1. The molecule has 1 aromatic carbocycles. The van der Waals surface area contributed by atoms with E-state index in [-0.39, 0.29) is 17.6 Å². The third kappa shape index (κ3) is 4.66. The summed E-state index contributed by atoms with van der Waals surface area (Å²) in [5.74, 6) is 0.766. The number of aryl methyl sites for hydroxylation is 2. The topological polar surface area (TPSA) is 105 Å². The van der Waals surface area contributed by atoms with Crippen LogP contribution in [0.2, 0.25) is 0 Å². The van der Waals surface area contributed by atoms with Gasteiger partial charge in [-0.15, -0.1) is 0 Å². The number of anilines is 5. The van der Waals surface area contributed by atoms with Crippen LogP contribution in [0.4, 0.5) is 28.7 Å². The fraction of sp³-hybridized carbons (Fsp3) is 0.300. The lowest BCUT2D eigenvalue weighted by Crippen LogP contribution is -2.44. The van der Waals surface area contributed by atoms with Crippen molar-refractivity contribution < 1.29 is 9.53 Å². The number of carbonyl (C=O) groups excluding carboxylic acids is 1. The van der Waals surface area contributed by atoms with E-state index in [2.05, 4.69) is 21.9 Å². The molecule has 0 saturated carbocycles. The third-order valence-electron chi connectivity index (χ3n) is 7.42. The minimum Gasteiger partial charge on any atom is -0.475 e. The van der Waals surface area contributed by atoms with Gasteiger partial charge in [0.15, 0.2) is 0 Å². The Balaban J connectivity index is 1.48. The van der Waals surface area contributed by atoms with Crippen LogP contribution in [0.5, 0.6) is 5.88 Å². The van der Waals surface area contributed by atoms with E-state index in [0.29, 0.717) is 42.8 Å². The van der Waals surface area contributed by atoms with Gasteiger partial charge in [0.25, 0.3) is 11.5 Å². The van der Waals surface area contributed by atoms with Crippen LogP contribution in [0.1, 0.15) is 31.7 Å². The van der Waals surface area contributed by atoms with Crippen LogP contribution in [0.3, 0.4) is 0 Å². The molecule has 1 N–H and O–H groups in total. The van der Waals surface area contributed by atoms with Crippen molar-refractivity contribution in [3.63, 3.8) is 0 Å². The molecule has 204 valence electrons. The summed E-state index contributed by atoms with van der Waals surface area (Å²) in [6.45, 7) is 9.08. The minimum atomic E-state index is -0.160. The molecule has 2 aliphatic heterocycles. The van der Waals surface area contributed by atoms with Crippen LogP contribution in [0.15, 0.2) is 66.2 Å². The fourth-order valence-corrected chi connectivity index (χ4v) is 5.48. The highest BCUT2D eigenvalue weighted by molar-refractivity contribution is 6.05. The number of hydrogen-bond donors (Lipinski definition) is 1. The van der Waals surface area contributed by atoms with E-state index in [0.717, 1.165) is 47.3 Å². The number of rotatable bonds is 2. The molecule has 1 amide bonds. The van der Waals surface area contributed by atoms with Crippen LogP contribution in [0.25, 0.3) is 11.0 Å². The van der Waals surface area contributed by atoms with Gasteiger partial charge < -0.3 is 19.9 Å². The van der Waals surface area contributed by atoms with E-state index in [1.165, 1.54) is 6.08 Å². The molecule has 0 saturated heterocycles. The Bertz CT molecular complexity index is 1680. The summed E-state index contributed by atoms with van der Waals surface area (Å²) in [5.41, 5.74) is 4.28. The Labute approximate surface area is 231 Å². The van der Waals surface area contributed by atoms with Gasteiger partial charge in [0, 0.05) is 49.2 Å². The summed E-state index contributed by atoms with van der Waals surface area (Å²) in [6.07, 6.45) is 7.22. The lowest BCUT2D eigenvalue weighted by molar-refractivity contribution is -0.114. The first-order valence-corrected chi connectivity index (χ1v) is 13.5. The number of ether oxygens (including phenoxy) is 1. The molecule has 0 radical (unpaired) electrons. The van der Waals surface area contributed by atoms with Crippen molar-refractivity contribution in [2.45, 2.75) is 45.8 Å². The van der Waals surface area contributed by atoms with E-state index in [4.69, 9.17) is 9.72 Å². The maximum absolute atomic E-state index is 14.2. The Morgan fingerprint density at radius 1 is 1.12 bits per heavy atom. The van der Waals surface area contributed by atoms with Gasteiger partial charge in [-0.25, -0.2) is 9.97 Å². The zero-order valence-corrected chi connectivity index (χ0v) is 22.6. The van der Waals surface area contributed by atoms with Crippen LogP contribution < -0.4 is 25.4 Å². The quantitative estimate of drug-likeness (QED) is 0.362. The highest BCUT2D eigenvalue weighted by Gasteiger charge is 2.30. The monoisotopic (exact) mass is 537 g/mol. The summed E-state index contributed by atoms with van der Waals surface area (Å²) in [6, 6.07) is 11.4. The summed E-state index contributed by atoms with van der Waals surface area (Å²) >= 11 is 0. The molecule has 10 nitrogen and oxygen atoms in total. The molecule has 3 aromatic heterocycles. The molecule has 0 spiro atoms. The standard InChI is InChI=1S/C30H31N7O3/c1-4-26(38)36-15-14-35(23-10-7-8-19(2)27(23)36)24-16-21-18-32-30-33-22-11-12-31-25(17-22)40-20(3)9-5-6-13-37(29(24)39)28(21)34-30/h4,7-8,10-12,16-18,20H,1,5-6,9,13-15H2,2-3H3,(H,32,33,34)/t20-/m1/s1. The average Bonchev–Trinajstić information content (AvgIpc) is 2.95. The number of nitrogens with one attached hydrogen (secondary N) is 1. The predicted octanol–water partition coefficient (Wildman–Crippen LogP) is 4.86. The Hall–Kier alpha value is -4.73. The van der Waals surface area contributed by atoms with Crippen molar-refractivity contribution in [1.29, 1.82) is 0 Å². The van der Waals surface area contributed by atoms with Crippen molar-refractivity contribution in [2.75, 3.05) is 28.2 Å². The van der Waals surface area contributed by atoms with Crippen molar-refractivity contribution in [1.82, 2.24) is 19.5 Å². The van der Waals surface area contributed by atoms with Gasteiger partial charge >= 0.3 is 0 Å². The molecule has 4 bridgehead atoms. The number of para-hydroxylation sites is 1. The zero-order valence-electron chi connectivity index (χ0n) is 22.6. The van der Waals surface area contributed by atoms with Gasteiger partial charge in [-0.3, -0.25) is 14.2 Å². The van der Waals surface area contributed by atoms with Crippen molar-refractivity contribution >= 4 is 45.6 Å². The number of fused-ring (bicyclic) bond motifs is 4. The van der Waals surface area contributed by atoms with Crippen LogP contribution in [-0.2, 0) is 11.3 Å². The molecule has 2 aliphatic rings. The first-order chi connectivity index (χ1) is 19.4. The van der Waals surface area contributed by atoms with Gasteiger partial charge in [0.2, 0.25) is 11.8 Å². The van der Waals surface area contributed by atoms with Gasteiger partial charge in [-0.2, -0.15) is 4.98 Å². The highest BCUT2D eigenvalue weighted by Crippen LogP contribution is 2.39. The largest absolute Gasteiger partial charge is 0.475 e. The van der Waals surface area contributed by atoms with Crippen LogP contribution >= 0.6 is 0 Å². The molecule has 0 fully saturated rings. The molecule has 1 atom stereocenters. The number of benzene rings is 1. The van der Waals surface area contributed by atoms with Crippen LogP contribution in [-0.4, -0.2) is 44.6 Å². The van der Waals surface area contributed by atoms with Gasteiger partial charge in [-0.1, -0.05) is 18.7 Å². The summed E-state index contributed by atoms with van der Waals surface area (Å²) < 4.78 is 7.76. The second-order valence-electron chi connectivity index (χ2n) is 10.2. The summed E-state index contributed by atoms with van der Waals surface area (Å²) in [4.78, 5) is 44.2. The minimum absolute atomic E-state index is 0.0165. The second kappa shape index (κ2) is 10.4. The highest BCUT2D eigenvalue weighted by atomic mass is 16.5. The number of nitrogens with zero attached hydrogens (tertiary/aromatic N) is 6. The Morgan fingerprint density at radius 2 is 2.00 bits per heavy atom. The Kier molecular flexibility index (Phi) is 6.67. The average molecular weight is 538 g/mol. The summed E-state index contributed by atoms with van der Waals surface area (Å²) in [7, 11) is 0. The van der Waals surface area contributed by atoms with Gasteiger partial charge in [-0.05, 0) is 62.9 Å². The second-order valence-corrected chi connectivity index (χ2v) is 10.2. The van der Waals surface area contributed by atoms with E-state index < -0.39 is 0 Å². The molecule has 5 heterocycles. The number of pyridine rings is 2. The SMILES string of the molecule is C=CC(=O)N1CCN(c2cc3cnc4nc3n(c2=O)CCCC[C@@H](C)Oc2cc(ccn2)N4)c2cccc(C)c21. The molecular weight excluding hydrogens is 506 g/mol. The Morgan fingerprint density at radius 3 is 2.85 bits per heavy atom. The maximum Gasteiger partial charge on any atom is 0.276 e. The third-order valence-corrected chi connectivity index (χ3v) is 7.42. The van der Waals surface area contributed by atoms with E-state index in [1.807, 2.05) is 55.1 Å². The van der Waals surface area contributed by atoms with Crippen LogP contribution in [0, 0.1) is 6.92 Å². The van der Waals surface area contributed by atoms with Crippen molar-refractivity contribution in [3.05, 3.63) is 77.4 Å². The molecule has 6 rings (SSSR count). The van der Waals surface area contributed by atoms with Crippen molar-refractivity contribution in [2.24, 2.45) is 0 Å². The normalized spacial score (nSPS) is 17.0.